The smallest absolute Gasteiger partial charge is 0.125 e. The Morgan fingerprint density at radius 3 is 1.69 bits per heavy atom. The summed E-state index contributed by atoms with van der Waals surface area (Å²) in [5.74, 6) is 2.92. The summed E-state index contributed by atoms with van der Waals surface area (Å²) in [5.41, 5.74) is 4.54. The van der Waals surface area contributed by atoms with E-state index in [4.69, 9.17) is 47.9 Å². The van der Waals surface area contributed by atoms with Gasteiger partial charge in [-0.15, -0.1) is 38.3 Å². The third-order valence-corrected chi connectivity index (χ3v) is 8.91. The Balaban J connectivity index is 0.000000881. The number of hydrogen-bond donors (Lipinski definition) is 1. The highest BCUT2D eigenvalue weighted by Crippen LogP contribution is 2.23. The molecule has 1 N–H and O–H groups in total. The minimum atomic E-state index is -0.0655. The quantitative estimate of drug-likeness (QED) is 0.0209. The first-order chi connectivity index (χ1) is 31.0. The zero-order valence-corrected chi connectivity index (χ0v) is 39.7. The van der Waals surface area contributed by atoms with Crippen molar-refractivity contribution in [1.29, 1.82) is 0 Å². The highest BCUT2D eigenvalue weighted by Gasteiger charge is 2.32. The molecule has 5 atom stereocenters. The van der Waals surface area contributed by atoms with Crippen molar-refractivity contribution in [2.45, 2.75) is 64.3 Å². The average Bonchev–Trinajstić information content (AvgIpc) is 3.79. The molecule has 0 spiro atoms. The molecule has 12 nitrogen and oxygen atoms in total. The minimum Gasteiger partial charge on any atom is -0.411 e. The normalized spacial score (nSPS) is 15.4. The lowest BCUT2D eigenvalue weighted by atomic mass is 9.95. The van der Waals surface area contributed by atoms with Crippen LogP contribution in [0.1, 0.15) is 42.9 Å². The summed E-state index contributed by atoms with van der Waals surface area (Å²) in [7, 11) is 3.37. The minimum absolute atomic E-state index is 0. The van der Waals surface area contributed by atoms with Gasteiger partial charge in [0.25, 0.3) is 0 Å². The average molecular weight is 905 g/mol. The molecule has 64 heavy (non-hydrogen) atoms. The van der Waals surface area contributed by atoms with Crippen molar-refractivity contribution in [2.24, 2.45) is 22.1 Å². The highest BCUT2D eigenvalue weighted by atomic mass is 31.0. The maximum absolute atomic E-state index is 8.27. The first-order valence-electron chi connectivity index (χ1n) is 20.9. The molecule has 352 valence electrons. The zero-order valence-electron chi connectivity index (χ0n) is 38.3. The van der Waals surface area contributed by atoms with Crippen molar-refractivity contribution >= 4 is 21.8 Å². The van der Waals surface area contributed by atoms with Crippen LogP contribution in [0.2, 0.25) is 0 Å². The fraction of sp³-hybridized carbons (Fsp3) is 0.451. The van der Waals surface area contributed by atoms with Gasteiger partial charge in [-0.2, -0.15) is 9.90 Å². The third kappa shape index (κ3) is 29.6. The molecule has 0 aromatic heterocycles. The fourth-order valence-corrected chi connectivity index (χ4v) is 5.92. The predicted molar refractivity (Wildman–Crippen MR) is 262 cm³/mol. The van der Waals surface area contributed by atoms with Crippen molar-refractivity contribution in [3.63, 3.8) is 0 Å². The number of benzene rings is 3. The van der Waals surface area contributed by atoms with Crippen molar-refractivity contribution in [3.8, 4) is 25.2 Å². The molecule has 0 radical (unpaired) electrons. The van der Waals surface area contributed by atoms with Crippen molar-refractivity contribution < 1.29 is 47.9 Å². The molecule has 5 rings (SSSR count). The number of rotatable bonds is 26. The van der Waals surface area contributed by atoms with E-state index >= 15 is 0 Å². The van der Waals surface area contributed by atoms with E-state index in [-0.39, 0.29) is 40.7 Å². The van der Waals surface area contributed by atoms with Gasteiger partial charge in [-0.25, -0.2) is 0 Å². The van der Waals surface area contributed by atoms with E-state index in [0.717, 1.165) is 29.7 Å². The largest absolute Gasteiger partial charge is 0.411 e. The maximum atomic E-state index is 8.27. The SMILES string of the molecule is C#C.C#CC.C=CC[C@H](COCc1ccccc1)OCC(COC)COC.C=CC[C@H](COCc1ccccc1)OCC=NO.P.c1ccc(COC[C@H]2C[C@H]3CON=C3CO2)cc1. The number of hydrogen-bond acceptors (Lipinski definition) is 12. The van der Waals surface area contributed by atoms with Crippen LogP contribution in [0.3, 0.4) is 0 Å². The van der Waals surface area contributed by atoms with E-state index < -0.39 is 0 Å². The van der Waals surface area contributed by atoms with Crippen molar-refractivity contribution in [1.82, 2.24) is 0 Å². The highest BCUT2D eigenvalue weighted by molar-refractivity contribution is 6.92. The molecule has 3 aromatic carbocycles. The van der Waals surface area contributed by atoms with Crippen LogP contribution in [0.25, 0.3) is 0 Å². The molecule has 1 fully saturated rings. The second-order valence-electron chi connectivity index (χ2n) is 14.1. The summed E-state index contributed by atoms with van der Waals surface area (Å²) in [6.07, 6.45) is 20.1. The van der Waals surface area contributed by atoms with Gasteiger partial charge in [-0.1, -0.05) is 113 Å². The number of ether oxygens (including phenoxy) is 8. The molecule has 2 aliphatic rings. The molecule has 0 amide bonds. The molecule has 2 heterocycles. The molecule has 1 unspecified atom stereocenters. The third-order valence-electron chi connectivity index (χ3n) is 8.91. The maximum Gasteiger partial charge on any atom is 0.125 e. The standard InChI is InChI=1S/C18H28O4.C14H17NO3.C14H19NO3.C3H4.C2H2.H3P/c1-4-8-18(22-14-17(11-19-2)12-20-3)15-21-13-16-9-6-5-7-10-16;1-2-4-11(5-3-1)7-16-9-13-6-12-8-18-15-14(12)10-17-13;1-2-6-14(18-10-9-15-16)12-17-11-13-7-4-3-5-8-13;1-3-2;1-2;/h4-7,9-10,17-18H,1,8,11-15H2,2-3H3;1-5,12-13H,6-10H2;2-5,7-9,14,16H,1,6,10-12H2;1H,2H3;1-2H;1H3/t18-;12-,13+;14-;;;/m101.../s1. The van der Waals surface area contributed by atoms with Crippen LogP contribution in [0.4, 0.5) is 0 Å². The van der Waals surface area contributed by atoms with E-state index in [0.29, 0.717) is 85.0 Å². The molecule has 3 aromatic rings. The van der Waals surface area contributed by atoms with Crippen LogP contribution in [-0.2, 0) is 62.6 Å². The van der Waals surface area contributed by atoms with E-state index in [1.54, 1.807) is 27.2 Å². The van der Waals surface area contributed by atoms with Gasteiger partial charge in [0.05, 0.1) is 103 Å². The van der Waals surface area contributed by atoms with Crippen LogP contribution in [0.15, 0.2) is 127 Å². The summed E-state index contributed by atoms with van der Waals surface area (Å²) in [6.45, 7) is 16.0. The van der Waals surface area contributed by atoms with Crippen LogP contribution >= 0.6 is 9.90 Å². The van der Waals surface area contributed by atoms with Gasteiger partial charge in [0.1, 0.15) is 6.61 Å². The molecule has 0 bridgehead atoms. The van der Waals surface area contributed by atoms with E-state index in [1.807, 2.05) is 72.8 Å². The molecule has 13 heteroatoms. The second-order valence-corrected chi connectivity index (χ2v) is 14.1. The summed E-state index contributed by atoms with van der Waals surface area (Å²) in [6, 6.07) is 30.3. The lowest BCUT2D eigenvalue weighted by molar-refractivity contribution is -0.0512. The Morgan fingerprint density at radius 1 is 0.766 bits per heavy atom. The first-order valence-corrected chi connectivity index (χ1v) is 20.9. The molecule has 2 aliphatic heterocycles. The van der Waals surface area contributed by atoms with Gasteiger partial charge in [-0.05, 0) is 42.9 Å². The lowest BCUT2D eigenvalue weighted by Crippen LogP contribution is -2.35. The van der Waals surface area contributed by atoms with Gasteiger partial charge in [-0.3, -0.25) is 0 Å². The van der Waals surface area contributed by atoms with Gasteiger partial charge in [0.2, 0.25) is 0 Å². The van der Waals surface area contributed by atoms with Crippen LogP contribution < -0.4 is 0 Å². The van der Waals surface area contributed by atoms with Crippen LogP contribution in [-0.4, -0.2) is 109 Å². The molecule has 0 saturated carbocycles. The lowest BCUT2D eigenvalue weighted by Gasteiger charge is -2.26. The number of nitrogens with zero attached hydrogens (tertiary/aromatic N) is 2. The Labute approximate surface area is 386 Å². The summed E-state index contributed by atoms with van der Waals surface area (Å²) in [5, 5.41) is 15.1. The summed E-state index contributed by atoms with van der Waals surface area (Å²) < 4.78 is 44.5. The first kappa shape index (κ1) is 59.3. The van der Waals surface area contributed by atoms with Crippen LogP contribution in [0.5, 0.6) is 0 Å². The Kier molecular flexibility index (Phi) is 39.2. The van der Waals surface area contributed by atoms with Crippen molar-refractivity contribution in [2.75, 3.05) is 73.7 Å². The summed E-state index contributed by atoms with van der Waals surface area (Å²) in [4.78, 5) is 5.08. The number of methoxy groups -OCH3 is 2. The molecular formula is C51H73N2O10P. The predicted octanol–water partition coefficient (Wildman–Crippen LogP) is 8.64. The van der Waals surface area contributed by atoms with Gasteiger partial charge < -0.3 is 47.9 Å². The number of oxime groups is 2. The van der Waals surface area contributed by atoms with Crippen LogP contribution in [0, 0.1) is 37.0 Å². The van der Waals surface area contributed by atoms with E-state index in [9.17, 15) is 0 Å². The van der Waals surface area contributed by atoms with Crippen molar-refractivity contribution in [3.05, 3.63) is 133 Å². The fourth-order valence-electron chi connectivity index (χ4n) is 5.92. The zero-order chi connectivity index (χ0) is 46.0. The second kappa shape index (κ2) is 42.3. The van der Waals surface area contributed by atoms with Gasteiger partial charge >= 0.3 is 0 Å². The summed E-state index contributed by atoms with van der Waals surface area (Å²) >= 11 is 0. The number of fused-ring (bicyclic) bond motifs is 1. The van der Waals surface area contributed by atoms with Gasteiger partial charge in [0, 0.05) is 26.1 Å². The topological polar surface area (TPSA) is 128 Å². The molecular weight excluding hydrogens is 832 g/mol. The Hall–Kier alpha value is -4.69. The Morgan fingerprint density at radius 2 is 1.23 bits per heavy atom. The Bertz CT molecular complexity index is 1650. The van der Waals surface area contributed by atoms with E-state index in [1.165, 1.54) is 11.8 Å². The monoisotopic (exact) mass is 905 g/mol. The number of terminal acetylenes is 2. The van der Waals surface area contributed by atoms with Gasteiger partial charge in [0.15, 0.2) is 0 Å². The van der Waals surface area contributed by atoms with E-state index in [2.05, 4.69) is 72.9 Å². The molecule has 0 aliphatic carbocycles. The molecule has 1 saturated heterocycles.